The predicted molar refractivity (Wildman–Crippen MR) is 116 cm³/mol. The number of benzene rings is 2. The van der Waals surface area contributed by atoms with Gasteiger partial charge in [0.1, 0.15) is 5.75 Å². The third kappa shape index (κ3) is 3.40. The van der Waals surface area contributed by atoms with Crippen LogP contribution in [-0.2, 0) is 17.3 Å². The SMILES string of the molecule is COc1ccccc1C1(C(=O)NCC(c2cn(C)c3ccccc23)N(C)C)CC1. The van der Waals surface area contributed by atoms with Gasteiger partial charge in [-0.25, -0.2) is 0 Å². The van der Waals surface area contributed by atoms with Crippen molar-refractivity contribution in [2.75, 3.05) is 27.7 Å². The zero-order valence-corrected chi connectivity index (χ0v) is 17.6. The Morgan fingerprint density at radius 3 is 2.55 bits per heavy atom. The Hall–Kier alpha value is -2.79. The second kappa shape index (κ2) is 7.56. The molecule has 2 aromatic carbocycles. The predicted octanol–water partition coefficient (Wildman–Crippen LogP) is 3.64. The van der Waals surface area contributed by atoms with Crippen molar-refractivity contribution in [2.24, 2.45) is 7.05 Å². The van der Waals surface area contributed by atoms with Gasteiger partial charge in [-0.15, -0.1) is 0 Å². The van der Waals surface area contributed by atoms with Crippen molar-refractivity contribution < 1.29 is 9.53 Å². The van der Waals surface area contributed by atoms with Gasteiger partial charge in [0.2, 0.25) is 5.91 Å². The van der Waals surface area contributed by atoms with E-state index in [1.807, 2.05) is 24.3 Å². The number of ether oxygens (including phenoxy) is 1. The van der Waals surface area contributed by atoms with Crippen LogP contribution in [0, 0.1) is 0 Å². The maximum absolute atomic E-state index is 13.2. The number of hydrogen-bond donors (Lipinski definition) is 1. The van der Waals surface area contributed by atoms with Gasteiger partial charge in [0, 0.05) is 36.3 Å². The summed E-state index contributed by atoms with van der Waals surface area (Å²) in [5, 5.41) is 4.47. The number of aromatic nitrogens is 1. The molecule has 0 radical (unpaired) electrons. The number of nitrogens with zero attached hydrogens (tertiary/aromatic N) is 2. The van der Waals surface area contributed by atoms with Crippen LogP contribution >= 0.6 is 0 Å². The summed E-state index contributed by atoms with van der Waals surface area (Å²) in [4.78, 5) is 15.4. The molecule has 1 aliphatic carbocycles. The van der Waals surface area contributed by atoms with Crippen molar-refractivity contribution in [3.63, 3.8) is 0 Å². The summed E-state index contributed by atoms with van der Waals surface area (Å²) < 4.78 is 7.67. The van der Waals surface area contributed by atoms with Crippen LogP contribution in [0.4, 0.5) is 0 Å². The van der Waals surface area contributed by atoms with Crippen molar-refractivity contribution in [3.8, 4) is 5.75 Å². The molecule has 1 amide bonds. The topological polar surface area (TPSA) is 46.5 Å². The van der Waals surface area contributed by atoms with Crippen LogP contribution in [0.15, 0.2) is 54.7 Å². The first kappa shape index (κ1) is 19.5. The molecule has 0 saturated heterocycles. The standard InChI is InChI=1S/C24H29N3O2/c1-26(2)21(18-16-27(3)20-11-7-5-9-17(18)20)15-25-23(28)24(13-14-24)19-10-6-8-12-22(19)29-4/h5-12,16,21H,13-15H2,1-4H3,(H,25,28). The van der Waals surface area contributed by atoms with Crippen molar-refractivity contribution in [1.82, 2.24) is 14.8 Å². The van der Waals surface area contributed by atoms with E-state index in [-0.39, 0.29) is 11.9 Å². The fourth-order valence-electron chi connectivity index (χ4n) is 4.35. The van der Waals surface area contributed by atoms with Gasteiger partial charge in [-0.2, -0.15) is 0 Å². The van der Waals surface area contributed by atoms with E-state index in [4.69, 9.17) is 4.74 Å². The van der Waals surface area contributed by atoms with E-state index in [1.165, 1.54) is 16.5 Å². The highest BCUT2D eigenvalue weighted by Crippen LogP contribution is 2.51. The Kier molecular flexibility index (Phi) is 5.09. The molecular weight excluding hydrogens is 362 g/mol. The molecule has 1 atom stereocenters. The summed E-state index contributed by atoms with van der Waals surface area (Å²) in [5.41, 5.74) is 2.97. The second-order valence-electron chi connectivity index (χ2n) is 8.18. The Balaban J connectivity index is 1.57. The highest BCUT2D eigenvalue weighted by atomic mass is 16.5. The van der Waals surface area contributed by atoms with E-state index in [0.29, 0.717) is 6.54 Å². The van der Waals surface area contributed by atoms with Crippen molar-refractivity contribution in [3.05, 3.63) is 65.9 Å². The third-order valence-corrected chi connectivity index (χ3v) is 6.17. The lowest BCUT2D eigenvalue weighted by atomic mass is 9.93. The number of hydrogen-bond acceptors (Lipinski definition) is 3. The van der Waals surface area contributed by atoms with Gasteiger partial charge >= 0.3 is 0 Å². The molecule has 0 aliphatic heterocycles. The van der Waals surface area contributed by atoms with Gasteiger partial charge in [-0.1, -0.05) is 36.4 Å². The van der Waals surface area contributed by atoms with Crippen molar-refractivity contribution >= 4 is 16.8 Å². The Bertz CT molecular complexity index is 1030. The lowest BCUT2D eigenvalue weighted by Crippen LogP contribution is -2.40. The molecule has 1 aliphatic rings. The average Bonchev–Trinajstić information content (AvgIpc) is 3.48. The molecule has 3 aromatic rings. The largest absolute Gasteiger partial charge is 0.496 e. The summed E-state index contributed by atoms with van der Waals surface area (Å²) in [6.07, 6.45) is 3.90. The van der Waals surface area contributed by atoms with Gasteiger partial charge in [0.25, 0.3) is 0 Å². The van der Waals surface area contributed by atoms with Crippen molar-refractivity contribution in [1.29, 1.82) is 0 Å². The van der Waals surface area contributed by atoms with Crippen LogP contribution in [-0.4, -0.2) is 43.1 Å². The van der Waals surface area contributed by atoms with E-state index in [2.05, 4.69) is 66.4 Å². The number of fused-ring (bicyclic) bond motifs is 1. The van der Waals surface area contributed by atoms with Crippen LogP contribution in [0.2, 0.25) is 0 Å². The molecule has 1 saturated carbocycles. The Morgan fingerprint density at radius 1 is 1.17 bits per heavy atom. The molecule has 1 unspecified atom stereocenters. The summed E-state index contributed by atoms with van der Waals surface area (Å²) >= 11 is 0. The third-order valence-electron chi connectivity index (χ3n) is 6.17. The number of rotatable bonds is 7. The molecule has 152 valence electrons. The maximum Gasteiger partial charge on any atom is 0.230 e. The Labute approximate surface area is 172 Å². The van der Waals surface area contributed by atoms with E-state index in [0.717, 1.165) is 24.2 Å². The van der Waals surface area contributed by atoms with Crippen LogP contribution in [0.25, 0.3) is 10.9 Å². The van der Waals surface area contributed by atoms with E-state index in [9.17, 15) is 4.79 Å². The first-order chi connectivity index (χ1) is 14.0. The number of aryl methyl sites for hydroxylation is 1. The van der Waals surface area contributed by atoms with Gasteiger partial charge in [0.15, 0.2) is 0 Å². The van der Waals surface area contributed by atoms with Crippen molar-refractivity contribution in [2.45, 2.75) is 24.3 Å². The lowest BCUT2D eigenvalue weighted by Gasteiger charge is -2.26. The van der Waals surface area contributed by atoms with Gasteiger partial charge < -0.3 is 19.5 Å². The van der Waals surface area contributed by atoms with Crippen LogP contribution in [0.1, 0.15) is 30.0 Å². The smallest absolute Gasteiger partial charge is 0.230 e. The zero-order chi connectivity index (χ0) is 20.6. The van der Waals surface area contributed by atoms with E-state index < -0.39 is 5.41 Å². The first-order valence-corrected chi connectivity index (χ1v) is 10.1. The minimum absolute atomic E-state index is 0.0917. The summed E-state index contributed by atoms with van der Waals surface area (Å²) in [5.74, 6) is 0.882. The second-order valence-corrected chi connectivity index (χ2v) is 8.18. The number of likely N-dealkylation sites (N-methyl/N-ethyl adjacent to an activating group) is 1. The zero-order valence-electron chi connectivity index (χ0n) is 17.6. The molecular formula is C24H29N3O2. The van der Waals surface area contributed by atoms with Crippen LogP contribution in [0.5, 0.6) is 5.75 Å². The molecule has 5 heteroatoms. The normalized spacial score (nSPS) is 16.0. The molecule has 29 heavy (non-hydrogen) atoms. The quantitative estimate of drug-likeness (QED) is 0.669. The number of carbonyl (C=O) groups excluding carboxylic acids is 1. The number of methoxy groups -OCH3 is 1. The number of carbonyl (C=O) groups is 1. The van der Waals surface area contributed by atoms with E-state index in [1.54, 1.807) is 7.11 Å². The highest BCUT2D eigenvalue weighted by Gasteiger charge is 2.52. The summed E-state index contributed by atoms with van der Waals surface area (Å²) in [6, 6.07) is 16.4. The molecule has 5 nitrogen and oxygen atoms in total. The fourth-order valence-corrected chi connectivity index (χ4v) is 4.35. The Morgan fingerprint density at radius 2 is 1.86 bits per heavy atom. The van der Waals surface area contributed by atoms with Gasteiger partial charge in [-0.3, -0.25) is 4.79 Å². The fraction of sp³-hybridized carbons (Fsp3) is 0.375. The minimum atomic E-state index is -0.456. The monoisotopic (exact) mass is 391 g/mol. The molecule has 1 fully saturated rings. The maximum atomic E-state index is 13.2. The molecule has 0 bridgehead atoms. The summed E-state index contributed by atoms with van der Waals surface area (Å²) in [7, 11) is 7.85. The van der Waals surface area contributed by atoms with Gasteiger partial charge in [-0.05, 0) is 44.6 Å². The summed E-state index contributed by atoms with van der Waals surface area (Å²) in [6.45, 7) is 0.566. The number of nitrogens with one attached hydrogen (secondary N) is 1. The molecule has 0 spiro atoms. The minimum Gasteiger partial charge on any atom is -0.496 e. The molecule has 4 rings (SSSR count). The number of para-hydroxylation sites is 2. The van der Waals surface area contributed by atoms with E-state index >= 15 is 0 Å². The highest BCUT2D eigenvalue weighted by molar-refractivity contribution is 5.92. The molecule has 1 aromatic heterocycles. The van der Waals surface area contributed by atoms with Crippen LogP contribution in [0.3, 0.4) is 0 Å². The average molecular weight is 392 g/mol. The lowest BCUT2D eigenvalue weighted by molar-refractivity contribution is -0.123. The molecule has 1 N–H and O–H groups in total. The van der Waals surface area contributed by atoms with Gasteiger partial charge in [0.05, 0.1) is 18.6 Å². The van der Waals surface area contributed by atoms with Crippen LogP contribution < -0.4 is 10.1 Å². The first-order valence-electron chi connectivity index (χ1n) is 10.1. The molecule has 1 heterocycles. The number of amides is 1.